The molecule has 2 N–H and O–H groups in total. The Kier molecular flexibility index (Phi) is 6.38. The smallest absolute Gasteiger partial charge is 0.251 e. The van der Waals surface area contributed by atoms with Gasteiger partial charge in [0.2, 0.25) is 0 Å². The third-order valence-corrected chi connectivity index (χ3v) is 6.93. The summed E-state index contributed by atoms with van der Waals surface area (Å²) in [7, 11) is 0. The van der Waals surface area contributed by atoms with Crippen molar-refractivity contribution >= 4 is 17.5 Å². The zero-order valence-corrected chi connectivity index (χ0v) is 19.3. The van der Waals surface area contributed by atoms with Crippen molar-refractivity contribution in [2.24, 2.45) is 5.73 Å². The third-order valence-electron chi connectivity index (χ3n) is 6.71. The summed E-state index contributed by atoms with van der Waals surface area (Å²) < 4.78 is 14.5. The van der Waals surface area contributed by atoms with Crippen LogP contribution in [0.2, 0.25) is 5.02 Å². The molecule has 0 radical (unpaired) electrons. The fourth-order valence-corrected chi connectivity index (χ4v) is 5.23. The van der Waals surface area contributed by atoms with Gasteiger partial charge in [-0.2, -0.15) is 0 Å². The number of aryl methyl sites for hydroxylation is 1. The van der Waals surface area contributed by atoms with Crippen molar-refractivity contribution in [2.45, 2.75) is 58.2 Å². The summed E-state index contributed by atoms with van der Waals surface area (Å²) in [5.74, 6) is -0.777. The zero-order valence-electron chi connectivity index (χ0n) is 18.5. The van der Waals surface area contributed by atoms with E-state index in [0.717, 1.165) is 48.6 Å². The predicted octanol–water partition coefficient (Wildman–Crippen LogP) is 5.03. The molecule has 1 aliphatic heterocycles. The van der Waals surface area contributed by atoms with E-state index in [1.54, 1.807) is 6.07 Å². The fraction of sp³-hybridized carbons (Fsp3) is 0.480. The van der Waals surface area contributed by atoms with E-state index in [9.17, 15) is 9.18 Å². The van der Waals surface area contributed by atoms with Crippen LogP contribution >= 0.6 is 11.6 Å². The van der Waals surface area contributed by atoms with Crippen molar-refractivity contribution in [2.75, 3.05) is 19.6 Å². The van der Waals surface area contributed by atoms with E-state index in [-0.39, 0.29) is 11.6 Å². The van der Waals surface area contributed by atoms with E-state index in [1.165, 1.54) is 17.2 Å². The number of hydrogen-bond acceptors (Lipinski definition) is 3. The molecule has 4 nitrogen and oxygen atoms in total. The first kappa shape index (κ1) is 22.3. The summed E-state index contributed by atoms with van der Waals surface area (Å²) in [4.78, 5) is 16.5. The van der Waals surface area contributed by atoms with E-state index in [1.807, 2.05) is 6.07 Å². The average molecular weight is 444 g/mol. The number of benzene rings is 2. The number of piperazine rings is 1. The lowest BCUT2D eigenvalue weighted by atomic mass is 9.97. The Bertz CT molecular complexity index is 971. The molecule has 0 bridgehead atoms. The lowest BCUT2D eigenvalue weighted by Crippen LogP contribution is -2.52. The minimum atomic E-state index is -0.696. The van der Waals surface area contributed by atoms with Gasteiger partial charge in [-0.25, -0.2) is 4.39 Å². The van der Waals surface area contributed by atoms with E-state index in [0.29, 0.717) is 18.5 Å². The Labute approximate surface area is 189 Å². The van der Waals surface area contributed by atoms with Crippen LogP contribution in [0.4, 0.5) is 4.39 Å². The maximum absolute atomic E-state index is 14.5. The second-order valence-electron chi connectivity index (χ2n) is 9.23. The minimum Gasteiger partial charge on any atom is -0.366 e. The minimum absolute atomic E-state index is 0.00878. The van der Waals surface area contributed by atoms with Crippen molar-refractivity contribution in [1.29, 1.82) is 0 Å². The van der Waals surface area contributed by atoms with Gasteiger partial charge in [0.1, 0.15) is 5.82 Å². The lowest BCUT2D eigenvalue weighted by Gasteiger charge is -2.43. The van der Waals surface area contributed by atoms with Gasteiger partial charge in [0.25, 0.3) is 5.91 Å². The number of rotatable bonds is 6. The second kappa shape index (κ2) is 8.89. The number of hydrogen-bond donors (Lipinski definition) is 1. The highest BCUT2D eigenvalue weighted by Gasteiger charge is 2.31. The average Bonchev–Trinajstić information content (AvgIpc) is 3.52. The molecule has 0 unspecified atom stereocenters. The van der Waals surface area contributed by atoms with Crippen LogP contribution in [0.25, 0.3) is 0 Å². The van der Waals surface area contributed by atoms with Crippen molar-refractivity contribution in [3.63, 3.8) is 0 Å². The van der Waals surface area contributed by atoms with Gasteiger partial charge < -0.3 is 5.73 Å². The fourth-order valence-electron chi connectivity index (χ4n) is 4.94. The second-order valence-corrected chi connectivity index (χ2v) is 9.67. The molecule has 1 heterocycles. The monoisotopic (exact) mass is 443 g/mol. The first-order chi connectivity index (χ1) is 14.7. The number of halogens is 2. The van der Waals surface area contributed by atoms with Crippen LogP contribution in [-0.2, 0) is 6.54 Å². The number of nitrogens with two attached hydrogens (primary N) is 1. The van der Waals surface area contributed by atoms with Gasteiger partial charge >= 0.3 is 0 Å². The molecule has 1 saturated carbocycles. The molecule has 2 fully saturated rings. The van der Waals surface area contributed by atoms with Gasteiger partial charge in [-0.05, 0) is 86.1 Å². The zero-order chi connectivity index (χ0) is 22.3. The maximum Gasteiger partial charge on any atom is 0.251 e. The topological polar surface area (TPSA) is 49.6 Å². The molecule has 166 valence electrons. The molecule has 4 rings (SSSR count). The maximum atomic E-state index is 14.5. The molecular formula is C25H31ClFN3O. The first-order valence-corrected chi connectivity index (χ1v) is 11.5. The summed E-state index contributed by atoms with van der Waals surface area (Å²) >= 11 is 6.29. The SMILES string of the molecule is Cc1cc(Cl)cc([C@@H](C)N2CCN(Cc3cc(F)c(C(N)=O)cc3C3CC3)C[C@@H]2C)c1. The number of carbonyl (C=O) groups excluding carboxylic acids is 1. The predicted molar refractivity (Wildman–Crippen MR) is 123 cm³/mol. The summed E-state index contributed by atoms with van der Waals surface area (Å²) in [5.41, 5.74) is 9.87. The van der Waals surface area contributed by atoms with Gasteiger partial charge in [-0.1, -0.05) is 17.7 Å². The van der Waals surface area contributed by atoms with Gasteiger partial charge in [0, 0.05) is 43.3 Å². The van der Waals surface area contributed by atoms with Crippen LogP contribution in [0.15, 0.2) is 30.3 Å². The first-order valence-electron chi connectivity index (χ1n) is 11.1. The molecule has 0 spiro atoms. The van der Waals surface area contributed by atoms with Crippen LogP contribution < -0.4 is 5.73 Å². The van der Waals surface area contributed by atoms with Crippen LogP contribution in [0, 0.1) is 12.7 Å². The summed E-state index contributed by atoms with van der Waals surface area (Å²) in [6, 6.07) is 10.1. The molecule has 1 aliphatic carbocycles. The van der Waals surface area contributed by atoms with E-state index < -0.39 is 11.7 Å². The Morgan fingerprint density at radius 1 is 1.23 bits per heavy atom. The Morgan fingerprint density at radius 2 is 1.97 bits per heavy atom. The molecule has 2 atom stereocenters. The standard InChI is InChI=1S/C25H31ClFN3O/c1-15-8-19(10-21(26)9-15)17(3)30-7-6-29(13-16(30)2)14-20-11-24(27)23(25(28)31)12-22(20)18-4-5-18/h8-12,16-18H,4-7,13-14H2,1-3H3,(H2,28,31)/t16-,17+/m0/s1. The molecule has 2 aromatic carbocycles. The molecule has 2 aromatic rings. The highest BCUT2D eigenvalue weighted by atomic mass is 35.5. The van der Waals surface area contributed by atoms with Crippen LogP contribution in [0.1, 0.15) is 71.3 Å². The van der Waals surface area contributed by atoms with E-state index in [2.05, 4.69) is 42.7 Å². The molecular weight excluding hydrogens is 413 g/mol. The third kappa shape index (κ3) is 4.94. The molecule has 31 heavy (non-hydrogen) atoms. The summed E-state index contributed by atoms with van der Waals surface area (Å²) in [6.07, 6.45) is 2.19. The Hall–Kier alpha value is -1.95. The van der Waals surface area contributed by atoms with Crippen molar-refractivity contribution < 1.29 is 9.18 Å². The van der Waals surface area contributed by atoms with Gasteiger partial charge in [0.05, 0.1) is 5.56 Å². The largest absolute Gasteiger partial charge is 0.366 e. The molecule has 0 aromatic heterocycles. The van der Waals surface area contributed by atoms with Gasteiger partial charge in [-0.3, -0.25) is 14.6 Å². The number of primary amides is 1. The van der Waals surface area contributed by atoms with Gasteiger partial charge in [-0.15, -0.1) is 0 Å². The highest BCUT2D eigenvalue weighted by Crippen LogP contribution is 2.43. The van der Waals surface area contributed by atoms with Crippen LogP contribution in [0.5, 0.6) is 0 Å². The molecule has 2 aliphatic rings. The van der Waals surface area contributed by atoms with Crippen molar-refractivity contribution in [3.05, 3.63) is 69.0 Å². The molecule has 6 heteroatoms. The molecule has 1 amide bonds. The lowest BCUT2D eigenvalue weighted by molar-refractivity contribution is 0.0503. The Balaban J connectivity index is 1.47. The van der Waals surface area contributed by atoms with E-state index >= 15 is 0 Å². The normalized spacial score (nSPS) is 21.3. The number of amides is 1. The highest BCUT2D eigenvalue weighted by molar-refractivity contribution is 6.30. The number of nitrogens with zero attached hydrogens (tertiary/aromatic N) is 2. The van der Waals surface area contributed by atoms with Crippen molar-refractivity contribution in [3.8, 4) is 0 Å². The quantitative estimate of drug-likeness (QED) is 0.681. The van der Waals surface area contributed by atoms with Crippen LogP contribution in [-0.4, -0.2) is 41.4 Å². The van der Waals surface area contributed by atoms with Crippen LogP contribution in [0.3, 0.4) is 0 Å². The van der Waals surface area contributed by atoms with Crippen molar-refractivity contribution in [1.82, 2.24) is 9.80 Å². The summed E-state index contributed by atoms with van der Waals surface area (Å²) in [6.45, 7) is 10.0. The van der Waals surface area contributed by atoms with Gasteiger partial charge in [0.15, 0.2) is 0 Å². The molecule has 1 saturated heterocycles. The number of carbonyl (C=O) groups is 1. The van der Waals surface area contributed by atoms with E-state index in [4.69, 9.17) is 17.3 Å². The summed E-state index contributed by atoms with van der Waals surface area (Å²) in [5, 5.41) is 0.780. The Morgan fingerprint density at radius 3 is 2.58 bits per heavy atom.